The van der Waals surface area contributed by atoms with E-state index in [9.17, 15) is 9.59 Å². The zero-order chi connectivity index (χ0) is 17.1. The maximum absolute atomic E-state index is 12.6. The summed E-state index contributed by atoms with van der Waals surface area (Å²) in [4.78, 5) is 27.4. The minimum absolute atomic E-state index is 0.0208. The van der Waals surface area contributed by atoms with E-state index < -0.39 is 6.04 Å². The molecule has 1 aromatic heterocycles. The van der Waals surface area contributed by atoms with E-state index in [4.69, 9.17) is 27.9 Å². The summed E-state index contributed by atoms with van der Waals surface area (Å²) in [5, 5.41) is 5.27. The Morgan fingerprint density at radius 1 is 1.33 bits per heavy atom. The lowest BCUT2D eigenvalue weighted by molar-refractivity contribution is -0.153. The van der Waals surface area contributed by atoms with Crippen LogP contribution in [0.3, 0.4) is 0 Å². The number of carbonyl (C=O) groups is 2. The molecule has 0 saturated carbocycles. The van der Waals surface area contributed by atoms with Crippen molar-refractivity contribution < 1.29 is 14.3 Å². The van der Waals surface area contributed by atoms with Gasteiger partial charge in [0, 0.05) is 4.88 Å². The van der Waals surface area contributed by atoms with Crippen LogP contribution in [-0.4, -0.2) is 36.0 Å². The summed E-state index contributed by atoms with van der Waals surface area (Å²) in [6.45, 7) is 0.495. The fourth-order valence-corrected chi connectivity index (χ4v) is 3.46. The van der Waals surface area contributed by atoms with Crippen LogP contribution in [0.25, 0.3) is 0 Å². The minimum Gasteiger partial charge on any atom is -0.369 e. The van der Waals surface area contributed by atoms with Gasteiger partial charge in [-0.1, -0.05) is 35.3 Å². The molecule has 1 aliphatic heterocycles. The average Bonchev–Trinajstić information content (AvgIpc) is 3.07. The highest BCUT2D eigenvalue weighted by Crippen LogP contribution is 2.30. The van der Waals surface area contributed by atoms with Crippen molar-refractivity contribution in [2.75, 3.05) is 18.5 Å². The highest BCUT2D eigenvalue weighted by atomic mass is 35.5. The molecule has 126 valence electrons. The van der Waals surface area contributed by atoms with Crippen LogP contribution in [0.15, 0.2) is 35.7 Å². The van der Waals surface area contributed by atoms with Crippen molar-refractivity contribution in [2.45, 2.75) is 12.6 Å². The molecule has 0 radical (unpaired) electrons. The maximum Gasteiger partial charge on any atom is 0.249 e. The fourth-order valence-electron chi connectivity index (χ4n) is 2.41. The minimum atomic E-state index is -0.719. The number of nitrogens with zero attached hydrogens (tertiary/aromatic N) is 1. The van der Waals surface area contributed by atoms with E-state index in [2.05, 4.69) is 5.32 Å². The fraction of sp³-hybridized carbons (Fsp3) is 0.250. The highest BCUT2D eigenvalue weighted by molar-refractivity contribution is 7.09. The predicted octanol–water partition coefficient (Wildman–Crippen LogP) is 3.42. The SMILES string of the molecule is O=C(Nc1cccc(Cl)c1Cl)C1COCC(=O)N1Cc1cccs1. The van der Waals surface area contributed by atoms with Gasteiger partial charge in [0.05, 0.1) is 28.9 Å². The van der Waals surface area contributed by atoms with E-state index in [1.54, 1.807) is 18.2 Å². The predicted molar refractivity (Wildman–Crippen MR) is 94.6 cm³/mol. The van der Waals surface area contributed by atoms with Crippen molar-refractivity contribution in [3.8, 4) is 0 Å². The zero-order valence-electron chi connectivity index (χ0n) is 12.5. The first-order valence-electron chi connectivity index (χ1n) is 7.20. The first-order valence-corrected chi connectivity index (χ1v) is 8.84. The third kappa shape index (κ3) is 3.72. The van der Waals surface area contributed by atoms with E-state index in [1.165, 1.54) is 16.2 Å². The molecule has 8 heteroatoms. The summed E-state index contributed by atoms with van der Waals surface area (Å²) in [6, 6.07) is 8.10. The topological polar surface area (TPSA) is 58.6 Å². The standard InChI is InChI=1S/C16H14Cl2N2O3S/c17-11-4-1-5-12(15(11)18)19-16(22)13-8-23-9-14(21)20(13)7-10-3-2-6-24-10/h1-6,13H,7-9H2,(H,19,22). The number of nitrogens with one attached hydrogen (secondary N) is 1. The second kappa shape index (κ2) is 7.53. The third-order valence-corrected chi connectivity index (χ3v) is 5.30. The molecule has 0 bridgehead atoms. The molecule has 0 spiro atoms. The van der Waals surface area contributed by atoms with Gasteiger partial charge in [0.15, 0.2) is 0 Å². The first-order chi connectivity index (χ1) is 11.6. The van der Waals surface area contributed by atoms with Gasteiger partial charge in [-0.05, 0) is 23.6 Å². The van der Waals surface area contributed by atoms with Crippen LogP contribution in [0.2, 0.25) is 10.0 Å². The van der Waals surface area contributed by atoms with Crippen molar-refractivity contribution in [3.63, 3.8) is 0 Å². The number of carbonyl (C=O) groups excluding carboxylic acids is 2. The monoisotopic (exact) mass is 384 g/mol. The van der Waals surface area contributed by atoms with Gasteiger partial charge in [0.25, 0.3) is 0 Å². The Kier molecular flexibility index (Phi) is 5.40. The number of ether oxygens (including phenoxy) is 1. The summed E-state index contributed by atoms with van der Waals surface area (Å²) < 4.78 is 5.25. The number of thiophene rings is 1. The van der Waals surface area contributed by atoms with Crippen LogP contribution in [0, 0.1) is 0 Å². The number of hydrogen-bond acceptors (Lipinski definition) is 4. The molecule has 1 atom stereocenters. The van der Waals surface area contributed by atoms with Crippen molar-refractivity contribution in [3.05, 3.63) is 50.6 Å². The lowest BCUT2D eigenvalue weighted by Crippen LogP contribution is -2.54. The average molecular weight is 385 g/mol. The van der Waals surface area contributed by atoms with Crippen LogP contribution < -0.4 is 5.32 Å². The number of amides is 2. The molecule has 2 heterocycles. The normalized spacial score (nSPS) is 17.8. The second-order valence-electron chi connectivity index (χ2n) is 5.22. The van der Waals surface area contributed by atoms with Gasteiger partial charge in [0.2, 0.25) is 11.8 Å². The van der Waals surface area contributed by atoms with Crippen molar-refractivity contribution in [2.24, 2.45) is 0 Å². The van der Waals surface area contributed by atoms with Gasteiger partial charge >= 0.3 is 0 Å². The van der Waals surface area contributed by atoms with Crippen LogP contribution in [0.5, 0.6) is 0 Å². The summed E-state index contributed by atoms with van der Waals surface area (Å²) in [7, 11) is 0. The largest absolute Gasteiger partial charge is 0.369 e. The zero-order valence-corrected chi connectivity index (χ0v) is 14.8. The molecule has 1 fully saturated rings. The lowest BCUT2D eigenvalue weighted by atomic mass is 10.2. The molecule has 24 heavy (non-hydrogen) atoms. The Morgan fingerprint density at radius 3 is 2.92 bits per heavy atom. The summed E-state index contributed by atoms with van der Waals surface area (Å²) in [5.74, 6) is -0.573. The highest BCUT2D eigenvalue weighted by Gasteiger charge is 2.34. The number of benzene rings is 1. The molecule has 0 aliphatic carbocycles. The Bertz CT molecular complexity index is 752. The van der Waals surface area contributed by atoms with Crippen LogP contribution >= 0.6 is 34.5 Å². The summed E-state index contributed by atoms with van der Waals surface area (Å²) >= 11 is 13.6. The molecule has 1 saturated heterocycles. The van der Waals surface area contributed by atoms with Crippen molar-refractivity contribution in [1.29, 1.82) is 0 Å². The number of halogens is 2. The van der Waals surface area contributed by atoms with Crippen LogP contribution in [-0.2, 0) is 20.9 Å². The lowest BCUT2D eigenvalue weighted by Gasteiger charge is -2.34. The number of anilines is 1. The van der Waals surface area contributed by atoms with E-state index in [0.717, 1.165) is 4.88 Å². The van der Waals surface area contributed by atoms with Gasteiger partial charge in [0.1, 0.15) is 12.6 Å². The molecule has 1 unspecified atom stereocenters. The van der Waals surface area contributed by atoms with Gasteiger partial charge in [-0.3, -0.25) is 9.59 Å². The Labute approximate surface area is 153 Å². The summed E-state index contributed by atoms with van der Waals surface area (Å²) in [5.41, 5.74) is 0.406. The smallest absolute Gasteiger partial charge is 0.249 e. The van der Waals surface area contributed by atoms with Crippen LogP contribution in [0.4, 0.5) is 5.69 Å². The van der Waals surface area contributed by atoms with E-state index in [1.807, 2.05) is 17.5 Å². The Balaban J connectivity index is 1.78. The second-order valence-corrected chi connectivity index (χ2v) is 7.04. The number of hydrogen-bond donors (Lipinski definition) is 1. The molecular formula is C16H14Cl2N2O3S. The van der Waals surface area contributed by atoms with E-state index in [0.29, 0.717) is 17.3 Å². The van der Waals surface area contributed by atoms with E-state index >= 15 is 0 Å². The Morgan fingerprint density at radius 2 is 2.17 bits per heavy atom. The first kappa shape index (κ1) is 17.2. The molecule has 2 amide bonds. The van der Waals surface area contributed by atoms with Gasteiger partial charge < -0.3 is 15.0 Å². The molecular weight excluding hydrogens is 371 g/mol. The van der Waals surface area contributed by atoms with Crippen LogP contribution in [0.1, 0.15) is 4.88 Å². The van der Waals surface area contributed by atoms with Crippen molar-refractivity contribution >= 4 is 52.0 Å². The van der Waals surface area contributed by atoms with Gasteiger partial charge in [-0.15, -0.1) is 11.3 Å². The molecule has 3 rings (SSSR count). The third-order valence-electron chi connectivity index (χ3n) is 3.62. The molecule has 1 aromatic carbocycles. The number of rotatable bonds is 4. The number of morpholine rings is 1. The van der Waals surface area contributed by atoms with E-state index in [-0.39, 0.29) is 30.1 Å². The maximum atomic E-state index is 12.6. The molecule has 1 aliphatic rings. The van der Waals surface area contributed by atoms with Crippen molar-refractivity contribution in [1.82, 2.24) is 4.90 Å². The quantitative estimate of drug-likeness (QED) is 0.878. The molecule has 2 aromatic rings. The molecule has 1 N–H and O–H groups in total. The molecule has 5 nitrogen and oxygen atoms in total. The van der Waals surface area contributed by atoms with Gasteiger partial charge in [-0.25, -0.2) is 0 Å². The summed E-state index contributed by atoms with van der Waals surface area (Å²) in [6.07, 6.45) is 0. The van der Waals surface area contributed by atoms with Gasteiger partial charge in [-0.2, -0.15) is 0 Å². The Hall–Kier alpha value is -1.60.